The van der Waals surface area contributed by atoms with Gasteiger partial charge < -0.3 is 20.5 Å². The number of amides is 2. The number of nitrogens with zero attached hydrogens (tertiary/aromatic N) is 1. The standard InChI is InChI=1S/C9H18N4O3/c1-6(15-3)12-7(13-9(10)14)5-8(11-2)16-4/h5-6,12H,1-4H3,(H3,10,13,14). The molecule has 16 heavy (non-hydrogen) atoms. The number of rotatable bonds is 5. The first-order valence-corrected chi connectivity index (χ1v) is 4.61. The van der Waals surface area contributed by atoms with E-state index in [2.05, 4.69) is 15.6 Å². The van der Waals surface area contributed by atoms with E-state index in [4.69, 9.17) is 15.2 Å². The van der Waals surface area contributed by atoms with E-state index in [9.17, 15) is 4.79 Å². The van der Waals surface area contributed by atoms with Crippen LogP contribution in [0, 0.1) is 0 Å². The van der Waals surface area contributed by atoms with E-state index in [-0.39, 0.29) is 6.23 Å². The van der Waals surface area contributed by atoms with Gasteiger partial charge in [-0.3, -0.25) is 10.3 Å². The van der Waals surface area contributed by atoms with Gasteiger partial charge in [-0.15, -0.1) is 0 Å². The van der Waals surface area contributed by atoms with E-state index in [1.165, 1.54) is 20.3 Å². The third kappa shape index (κ3) is 5.86. The molecule has 0 aliphatic rings. The fourth-order valence-corrected chi connectivity index (χ4v) is 0.863. The summed E-state index contributed by atoms with van der Waals surface area (Å²) in [7, 11) is 4.57. The summed E-state index contributed by atoms with van der Waals surface area (Å²) in [6, 6.07) is -0.686. The molecule has 2 amide bonds. The van der Waals surface area contributed by atoms with Crippen LogP contribution in [0.4, 0.5) is 4.79 Å². The average Bonchev–Trinajstić information content (AvgIpc) is 2.24. The molecule has 0 saturated carbocycles. The van der Waals surface area contributed by atoms with Gasteiger partial charge in [-0.1, -0.05) is 0 Å². The van der Waals surface area contributed by atoms with Gasteiger partial charge >= 0.3 is 6.03 Å². The summed E-state index contributed by atoms with van der Waals surface area (Å²) < 4.78 is 9.91. The van der Waals surface area contributed by atoms with Crippen molar-refractivity contribution in [2.24, 2.45) is 10.7 Å². The van der Waals surface area contributed by atoms with Crippen LogP contribution in [0.2, 0.25) is 0 Å². The Kier molecular flexibility index (Phi) is 6.69. The minimum Gasteiger partial charge on any atom is -0.481 e. The van der Waals surface area contributed by atoms with Crippen molar-refractivity contribution < 1.29 is 14.3 Å². The minimum atomic E-state index is -0.686. The molecule has 0 radical (unpaired) electrons. The van der Waals surface area contributed by atoms with Gasteiger partial charge in [0.1, 0.15) is 12.0 Å². The second kappa shape index (κ2) is 7.52. The topological polar surface area (TPSA) is 98.0 Å². The molecule has 0 aliphatic carbocycles. The number of aliphatic imine (C=N–C) groups is 1. The fourth-order valence-electron chi connectivity index (χ4n) is 0.863. The Morgan fingerprint density at radius 2 is 2.12 bits per heavy atom. The lowest BCUT2D eigenvalue weighted by atomic mass is 10.5. The van der Waals surface area contributed by atoms with Gasteiger partial charge in [0.15, 0.2) is 0 Å². The average molecular weight is 230 g/mol. The molecule has 7 heteroatoms. The highest BCUT2D eigenvalue weighted by atomic mass is 16.5. The maximum Gasteiger partial charge on any atom is 0.317 e. The SMILES string of the molecule is CN=C(C=C(NC(N)=O)NC(C)OC)OC. The number of hydrogen-bond donors (Lipinski definition) is 3. The molecule has 4 N–H and O–H groups in total. The summed E-state index contributed by atoms with van der Waals surface area (Å²) in [4.78, 5) is 14.6. The van der Waals surface area contributed by atoms with Crippen LogP contribution < -0.4 is 16.4 Å². The summed E-state index contributed by atoms with van der Waals surface area (Å²) in [5.41, 5.74) is 5.02. The van der Waals surface area contributed by atoms with Gasteiger partial charge in [-0.05, 0) is 6.92 Å². The lowest BCUT2D eigenvalue weighted by Crippen LogP contribution is -2.39. The predicted molar refractivity (Wildman–Crippen MR) is 60.8 cm³/mol. The number of nitrogens with one attached hydrogen (secondary N) is 2. The number of nitrogens with two attached hydrogens (primary N) is 1. The molecule has 0 aliphatic heterocycles. The van der Waals surface area contributed by atoms with Crippen LogP contribution in [0.15, 0.2) is 16.9 Å². The molecule has 0 rings (SSSR count). The van der Waals surface area contributed by atoms with E-state index in [0.29, 0.717) is 11.7 Å². The second-order valence-corrected chi connectivity index (χ2v) is 2.84. The van der Waals surface area contributed by atoms with E-state index in [1.807, 2.05) is 0 Å². The maximum atomic E-state index is 10.7. The van der Waals surface area contributed by atoms with Gasteiger partial charge in [-0.25, -0.2) is 4.79 Å². The predicted octanol–water partition coefficient (Wildman–Crippen LogP) is -0.247. The summed E-state index contributed by atoms with van der Waals surface area (Å²) in [5.74, 6) is 0.698. The van der Waals surface area contributed by atoms with E-state index >= 15 is 0 Å². The Balaban J connectivity index is 4.71. The molecule has 1 unspecified atom stereocenters. The van der Waals surface area contributed by atoms with Crippen molar-refractivity contribution >= 4 is 11.9 Å². The quantitative estimate of drug-likeness (QED) is 0.344. The summed E-state index contributed by atoms with van der Waals surface area (Å²) in [6.07, 6.45) is 1.22. The Labute approximate surface area is 94.7 Å². The van der Waals surface area contributed by atoms with Crippen molar-refractivity contribution in [2.45, 2.75) is 13.2 Å². The van der Waals surface area contributed by atoms with Crippen LogP contribution >= 0.6 is 0 Å². The van der Waals surface area contributed by atoms with Crippen LogP contribution in [0.1, 0.15) is 6.92 Å². The third-order valence-electron chi connectivity index (χ3n) is 1.67. The van der Waals surface area contributed by atoms with Crippen molar-refractivity contribution in [1.82, 2.24) is 10.6 Å². The van der Waals surface area contributed by atoms with Crippen LogP contribution in [-0.2, 0) is 9.47 Å². The summed E-state index contributed by atoms with van der Waals surface area (Å²) >= 11 is 0. The number of carbonyl (C=O) groups excluding carboxylic acids is 1. The number of carbonyl (C=O) groups is 1. The molecule has 0 fully saturated rings. The Hall–Kier alpha value is -1.76. The van der Waals surface area contributed by atoms with Crippen molar-refractivity contribution in [3.63, 3.8) is 0 Å². The lowest BCUT2D eigenvalue weighted by Gasteiger charge is -2.16. The molecule has 0 aromatic heterocycles. The first-order chi connectivity index (χ1) is 7.53. The molecule has 0 heterocycles. The number of ether oxygens (including phenoxy) is 2. The highest BCUT2D eigenvalue weighted by Gasteiger charge is 2.06. The highest BCUT2D eigenvalue weighted by Crippen LogP contribution is 1.92. The Bertz CT molecular complexity index is 288. The molecule has 1 atom stereocenters. The number of methoxy groups -OCH3 is 2. The zero-order chi connectivity index (χ0) is 12.6. The fraction of sp³-hybridized carbons (Fsp3) is 0.556. The largest absolute Gasteiger partial charge is 0.481 e. The zero-order valence-corrected chi connectivity index (χ0v) is 9.90. The van der Waals surface area contributed by atoms with E-state index in [0.717, 1.165) is 0 Å². The van der Waals surface area contributed by atoms with Gasteiger partial charge in [0, 0.05) is 20.2 Å². The molecule has 0 saturated heterocycles. The highest BCUT2D eigenvalue weighted by molar-refractivity contribution is 5.88. The van der Waals surface area contributed by atoms with Gasteiger partial charge in [0.25, 0.3) is 0 Å². The second-order valence-electron chi connectivity index (χ2n) is 2.84. The number of urea groups is 1. The van der Waals surface area contributed by atoms with Crippen LogP contribution in [0.5, 0.6) is 0 Å². The number of hydrogen-bond acceptors (Lipinski definition) is 5. The molecular weight excluding hydrogens is 212 g/mol. The Morgan fingerprint density at radius 1 is 1.50 bits per heavy atom. The van der Waals surface area contributed by atoms with Crippen LogP contribution in [-0.4, -0.2) is 39.4 Å². The summed E-state index contributed by atoms with van der Waals surface area (Å²) in [5, 5.41) is 5.26. The molecule has 0 bridgehead atoms. The first kappa shape index (κ1) is 14.2. The van der Waals surface area contributed by atoms with Crippen LogP contribution in [0.3, 0.4) is 0 Å². The molecule has 7 nitrogen and oxygen atoms in total. The molecule has 0 aromatic rings. The zero-order valence-electron chi connectivity index (χ0n) is 9.90. The maximum absolute atomic E-state index is 10.7. The molecular formula is C9H18N4O3. The lowest BCUT2D eigenvalue weighted by molar-refractivity contribution is 0.0969. The number of primary amides is 1. The van der Waals surface area contributed by atoms with Crippen molar-refractivity contribution in [3.8, 4) is 0 Å². The Morgan fingerprint density at radius 3 is 2.50 bits per heavy atom. The van der Waals surface area contributed by atoms with Crippen molar-refractivity contribution in [1.29, 1.82) is 0 Å². The van der Waals surface area contributed by atoms with Gasteiger partial charge in [-0.2, -0.15) is 0 Å². The summed E-state index contributed by atoms with van der Waals surface area (Å²) in [6.45, 7) is 1.77. The van der Waals surface area contributed by atoms with Gasteiger partial charge in [0.05, 0.1) is 7.11 Å². The first-order valence-electron chi connectivity index (χ1n) is 4.61. The van der Waals surface area contributed by atoms with E-state index in [1.54, 1.807) is 14.0 Å². The van der Waals surface area contributed by atoms with Crippen molar-refractivity contribution in [3.05, 3.63) is 11.9 Å². The van der Waals surface area contributed by atoms with Gasteiger partial charge in [0.2, 0.25) is 5.90 Å². The molecule has 92 valence electrons. The normalized spacial score (nSPS) is 14.2. The van der Waals surface area contributed by atoms with E-state index < -0.39 is 6.03 Å². The molecule has 0 spiro atoms. The monoisotopic (exact) mass is 230 g/mol. The smallest absolute Gasteiger partial charge is 0.317 e. The minimum absolute atomic E-state index is 0.284. The van der Waals surface area contributed by atoms with Crippen molar-refractivity contribution in [2.75, 3.05) is 21.3 Å². The van der Waals surface area contributed by atoms with Crippen LogP contribution in [0.25, 0.3) is 0 Å². The third-order valence-corrected chi connectivity index (χ3v) is 1.67. The molecule has 0 aromatic carbocycles.